The van der Waals surface area contributed by atoms with E-state index in [9.17, 15) is 10.1 Å². The molecular formula is C12H14N4O3. The monoisotopic (exact) mass is 262 g/mol. The smallest absolute Gasteiger partial charge is 0.298 e. The van der Waals surface area contributed by atoms with Crippen LogP contribution < -0.4 is 10.6 Å². The van der Waals surface area contributed by atoms with E-state index in [1.165, 1.54) is 12.1 Å². The SMILES string of the molecule is NCC1CCCN1c1nc2ccc([N+](=O)[O-])cc2o1. The number of nitrogens with two attached hydrogens (primary N) is 1. The van der Waals surface area contributed by atoms with Gasteiger partial charge in [-0.05, 0) is 18.9 Å². The maximum Gasteiger partial charge on any atom is 0.298 e. The van der Waals surface area contributed by atoms with Gasteiger partial charge in [-0.1, -0.05) is 0 Å². The largest absolute Gasteiger partial charge is 0.423 e. The second-order valence-corrected chi connectivity index (χ2v) is 4.63. The Labute approximate surface area is 109 Å². The van der Waals surface area contributed by atoms with Crippen molar-refractivity contribution in [2.75, 3.05) is 18.0 Å². The molecule has 0 bridgehead atoms. The van der Waals surface area contributed by atoms with Crippen LogP contribution in [0.1, 0.15) is 12.8 Å². The summed E-state index contributed by atoms with van der Waals surface area (Å²) in [6.45, 7) is 1.41. The highest BCUT2D eigenvalue weighted by Gasteiger charge is 2.27. The van der Waals surface area contributed by atoms with Gasteiger partial charge >= 0.3 is 0 Å². The number of non-ortho nitro benzene ring substituents is 1. The fourth-order valence-electron chi connectivity index (χ4n) is 2.47. The number of nitrogens with zero attached hydrogens (tertiary/aromatic N) is 3. The molecule has 1 atom stereocenters. The Morgan fingerprint density at radius 3 is 3.16 bits per heavy atom. The normalized spacial score (nSPS) is 19.2. The van der Waals surface area contributed by atoms with Crippen LogP contribution in [0.3, 0.4) is 0 Å². The van der Waals surface area contributed by atoms with Crippen LogP contribution in [0.25, 0.3) is 11.1 Å². The van der Waals surface area contributed by atoms with Gasteiger partial charge in [-0.3, -0.25) is 10.1 Å². The number of anilines is 1. The quantitative estimate of drug-likeness (QED) is 0.667. The van der Waals surface area contributed by atoms with Gasteiger partial charge in [0.1, 0.15) is 5.52 Å². The molecule has 19 heavy (non-hydrogen) atoms. The highest BCUT2D eigenvalue weighted by atomic mass is 16.6. The van der Waals surface area contributed by atoms with E-state index in [0.717, 1.165) is 19.4 Å². The third-order valence-electron chi connectivity index (χ3n) is 3.47. The predicted molar refractivity (Wildman–Crippen MR) is 70.1 cm³/mol. The Hall–Kier alpha value is -2.15. The van der Waals surface area contributed by atoms with Crippen molar-refractivity contribution < 1.29 is 9.34 Å². The van der Waals surface area contributed by atoms with Crippen molar-refractivity contribution in [3.8, 4) is 0 Å². The highest BCUT2D eigenvalue weighted by Crippen LogP contribution is 2.29. The molecule has 100 valence electrons. The third kappa shape index (κ3) is 2.01. The minimum Gasteiger partial charge on any atom is -0.423 e. The number of nitro groups is 1. The van der Waals surface area contributed by atoms with Gasteiger partial charge in [-0.15, -0.1) is 0 Å². The zero-order chi connectivity index (χ0) is 13.4. The molecule has 0 aliphatic carbocycles. The van der Waals surface area contributed by atoms with Gasteiger partial charge in [0.05, 0.1) is 11.0 Å². The molecule has 2 N–H and O–H groups in total. The lowest BCUT2D eigenvalue weighted by Crippen LogP contribution is -2.35. The molecule has 2 heterocycles. The fraction of sp³-hybridized carbons (Fsp3) is 0.417. The van der Waals surface area contributed by atoms with E-state index in [-0.39, 0.29) is 11.7 Å². The maximum atomic E-state index is 10.7. The standard InChI is InChI=1S/C12H14N4O3/c13-7-9-2-1-5-15(9)12-14-10-4-3-8(16(17)18)6-11(10)19-12/h3-4,6,9H,1-2,5,7,13H2. The van der Waals surface area contributed by atoms with E-state index in [4.69, 9.17) is 10.2 Å². The van der Waals surface area contributed by atoms with E-state index < -0.39 is 4.92 Å². The van der Waals surface area contributed by atoms with Gasteiger partial charge in [-0.2, -0.15) is 4.98 Å². The number of rotatable bonds is 3. The van der Waals surface area contributed by atoms with E-state index in [1.54, 1.807) is 6.07 Å². The van der Waals surface area contributed by atoms with Crippen LogP contribution in [0.2, 0.25) is 0 Å². The Morgan fingerprint density at radius 2 is 2.42 bits per heavy atom. The molecule has 1 fully saturated rings. The summed E-state index contributed by atoms with van der Waals surface area (Å²) in [4.78, 5) is 16.7. The van der Waals surface area contributed by atoms with Gasteiger partial charge in [-0.25, -0.2) is 0 Å². The molecule has 1 aromatic carbocycles. The molecule has 1 saturated heterocycles. The van der Waals surface area contributed by atoms with Gasteiger partial charge in [0.15, 0.2) is 5.58 Å². The van der Waals surface area contributed by atoms with Crippen molar-refractivity contribution in [2.45, 2.75) is 18.9 Å². The molecule has 1 aliphatic rings. The van der Waals surface area contributed by atoms with Crippen LogP contribution in [-0.2, 0) is 0 Å². The maximum absolute atomic E-state index is 10.7. The zero-order valence-electron chi connectivity index (χ0n) is 10.3. The molecule has 7 nitrogen and oxygen atoms in total. The molecule has 3 rings (SSSR count). The first-order chi connectivity index (χ1) is 9.19. The summed E-state index contributed by atoms with van der Waals surface area (Å²) in [6, 6.07) is 5.18. The number of hydrogen-bond acceptors (Lipinski definition) is 6. The summed E-state index contributed by atoms with van der Waals surface area (Å²) >= 11 is 0. The Morgan fingerprint density at radius 1 is 1.58 bits per heavy atom. The molecule has 1 aliphatic heterocycles. The van der Waals surface area contributed by atoms with Crippen molar-refractivity contribution in [3.63, 3.8) is 0 Å². The van der Waals surface area contributed by atoms with E-state index in [2.05, 4.69) is 4.98 Å². The molecule has 7 heteroatoms. The first-order valence-corrected chi connectivity index (χ1v) is 6.21. The molecule has 1 unspecified atom stereocenters. The van der Waals surface area contributed by atoms with Crippen molar-refractivity contribution >= 4 is 22.8 Å². The summed E-state index contributed by atoms with van der Waals surface area (Å²) in [5, 5.41) is 10.7. The van der Waals surface area contributed by atoms with Crippen molar-refractivity contribution in [1.29, 1.82) is 0 Å². The van der Waals surface area contributed by atoms with Gasteiger partial charge in [0.2, 0.25) is 0 Å². The van der Waals surface area contributed by atoms with Crippen molar-refractivity contribution in [3.05, 3.63) is 28.3 Å². The lowest BCUT2D eigenvalue weighted by Gasteiger charge is -2.20. The van der Waals surface area contributed by atoms with Crippen LogP contribution in [-0.4, -0.2) is 29.0 Å². The van der Waals surface area contributed by atoms with Crippen LogP contribution >= 0.6 is 0 Å². The Balaban J connectivity index is 1.99. The number of hydrogen-bond donors (Lipinski definition) is 1. The van der Waals surface area contributed by atoms with Gasteiger partial charge in [0, 0.05) is 25.2 Å². The van der Waals surface area contributed by atoms with E-state index >= 15 is 0 Å². The number of fused-ring (bicyclic) bond motifs is 1. The van der Waals surface area contributed by atoms with Crippen LogP contribution in [0.15, 0.2) is 22.6 Å². The average molecular weight is 262 g/mol. The van der Waals surface area contributed by atoms with Crippen LogP contribution in [0.4, 0.5) is 11.7 Å². The first-order valence-electron chi connectivity index (χ1n) is 6.21. The Bertz CT molecular complexity index is 624. The molecule has 0 amide bonds. The minimum absolute atomic E-state index is 0.00648. The molecule has 2 aromatic rings. The van der Waals surface area contributed by atoms with Crippen LogP contribution in [0.5, 0.6) is 0 Å². The fourth-order valence-corrected chi connectivity index (χ4v) is 2.47. The van der Waals surface area contributed by atoms with E-state index in [1.807, 2.05) is 4.90 Å². The molecular weight excluding hydrogens is 248 g/mol. The number of aromatic nitrogens is 1. The van der Waals surface area contributed by atoms with Crippen molar-refractivity contribution in [1.82, 2.24) is 4.98 Å². The summed E-state index contributed by atoms with van der Waals surface area (Å²) in [6.07, 6.45) is 2.08. The summed E-state index contributed by atoms with van der Waals surface area (Å²) in [7, 11) is 0. The Kier molecular flexibility index (Phi) is 2.83. The highest BCUT2D eigenvalue weighted by molar-refractivity contribution is 5.77. The number of benzene rings is 1. The molecule has 1 aromatic heterocycles. The number of nitro benzene ring substituents is 1. The first kappa shape index (κ1) is 11.9. The third-order valence-corrected chi connectivity index (χ3v) is 3.47. The average Bonchev–Trinajstić information content (AvgIpc) is 3.03. The van der Waals surface area contributed by atoms with Gasteiger partial charge in [0.25, 0.3) is 11.7 Å². The second-order valence-electron chi connectivity index (χ2n) is 4.63. The molecule has 0 radical (unpaired) electrons. The van der Waals surface area contributed by atoms with Crippen molar-refractivity contribution in [2.24, 2.45) is 5.73 Å². The summed E-state index contributed by atoms with van der Waals surface area (Å²) in [5.74, 6) is 0. The summed E-state index contributed by atoms with van der Waals surface area (Å²) < 4.78 is 5.63. The zero-order valence-corrected chi connectivity index (χ0v) is 10.3. The van der Waals surface area contributed by atoms with E-state index in [0.29, 0.717) is 23.7 Å². The summed E-state index contributed by atoms with van der Waals surface area (Å²) in [5.41, 5.74) is 6.79. The van der Waals surface area contributed by atoms with Crippen LogP contribution in [0, 0.1) is 10.1 Å². The second kappa shape index (κ2) is 4.51. The minimum atomic E-state index is -0.444. The number of oxazole rings is 1. The lowest BCUT2D eigenvalue weighted by molar-refractivity contribution is -0.384. The van der Waals surface area contributed by atoms with Gasteiger partial charge < -0.3 is 15.1 Å². The predicted octanol–water partition coefficient (Wildman–Crippen LogP) is 1.66. The lowest BCUT2D eigenvalue weighted by atomic mass is 10.2. The molecule has 0 spiro atoms. The topological polar surface area (TPSA) is 98.4 Å². The molecule has 0 saturated carbocycles.